The van der Waals surface area contributed by atoms with E-state index < -0.39 is 0 Å². The number of H-pyrrole nitrogens is 1. The number of anilines is 1. The average molecular weight is 507 g/mol. The summed E-state index contributed by atoms with van der Waals surface area (Å²) in [6.45, 7) is 4.30. The largest absolute Gasteiger partial charge is 0.316 e. The van der Waals surface area contributed by atoms with Crippen molar-refractivity contribution < 1.29 is 4.79 Å². The van der Waals surface area contributed by atoms with Crippen LogP contribution in [0.2, 0.25) is 0 Å². The van der Waals surface area contributed by atoms with Crippen LogP contribution in [-0.2, 0) is 17.6 Å². The van der Waals surface area contributed by atoms with E-state index in [2.05, 4.69) is 47.3 Å². The number of amides is 1. The minimum Gasteiger partial charge on any atom is -0.316 e. The second-order valence-electron chi connectivity index (χ2n) is 8.49. The van der Waals surface area contributed by atoms with Gasteiger partial charge in [0.15, 0.2) is 5.16 Å². The molecule has 1 aromatic carbocycles. The van der Waals surface area contributed by atoms with Crippen molar-refractivity contribution in [2.75, 3.05) is 11.1 Å². The second kappa shape index (κ2) is 9.37. The summed E-state index contributed by atoms with van der Waals surface area (Å²) >= 11 is 4.10. The van der Waals surface area contributed by atoms with E-state index >= 15 is 0 Å². The molecule has 1 amide bonds. The molecule has 0 spiro atoms. The SMILES string of the molecule is CC(C)c1ccc(-c2csc3nc(SCC(=O)Nc4sc5c(c4C#N)CCC5)[nH]c(=O)c23)cc1. The first-order valence-corrected chi connectivity index (χ1v) is 13.7. The van der Waals surface area contributed by atoms with E-state index in [-0.39, 0.29) is 17.2 Å². The van der Waals surface area contributed by atoms with Gasteiger partial charge in [-0.2, -0.15) is 5.26 Å². The van der Waals surface area contributed by atoms with Gasteiger partial charge in [0.1, 0.15) is 15.9 Å². The first-order valence-electron chi connectivity index (χ1n) is 11.0. The highest BCUT2D eigenvalue weighted by atomic mass is 32.2. The predicted molar refractivity (Wildman–Crippen MR) is 140 cm³/mol. The molecule has 5 rings (SSSR count). The average Bonchev–Trinajstić information content (AvgIpc) is 3.52. The summed E-state index contributed by atoms with van der Waals surface area (Å²) in [4.78, 5) is 34.7. The number of aromatic nitrogens is 2. The van der Waals surface area contributed by atoms with Crippen LogP contribution >= 0.6 is 34.4 Å². The van der Waals surface area contributed by atoms with Gasteiger partial charge in [-0.05, 0) is 41.9 Å². The van der Waals surface area contributed by atoms with Crippen LogP contribution in [-0.4, -0.2) is 21.6 Å². The molecule has 34 heavy (non-hydrogen) atoms. The molecule has 6 nitrogen and oxygen atoms in total. The van der Waals surface area contributed by atoms with Crippen LogP contribution in [0.5, 0.6) is 0 Å². The van der Waals surface area contributed by atoms with E-state index in [4.69, 9.17) is 0 Å². The second-order valence-corrected chi connectivity index (χ2v) is 11.4. The number of benzene rings is 1. The Kier molecular flexibility index (Phi) is 6.30. The molecule has 1 aliphatic rings. The zero-order chi connectivity index (χ0) is 23.8. The lowest BCUT2D eigenvalue weighted by atomic mass is 9.99. The molecule has 0 saturated carbocycles. The molecule has 3 aromatic heterocycles. The summed E-state index contributed by atoms with van der Waals surface area (Å²) in [6.07, 6.45) is 2.93. The number of fused-ring (bicyclic) bond motifs is 2. The van der Waals surface area contributed by atoms with E-state index in [9.17, 15) is 14.9 Å². The molecule has 2 N–H and O–H groups in total. The Morgan fingerprint density at radius 3 is 2.82 bits per heavy atom. The number of aryl methyl sites for hydroxylation is 1. The van der Waals surface area contributed by atoms with Crippen LogP contribution in [0.1, 0.15) is 47.8 Å². The van der Waals surface area contributed by atoms with Crippen molar-refractivity contribution in [3.8, 4) is 17.2 Å². The summed E-state index contributed by atoms with van der Waals surface area (Å²) < 4.78 is 0. The van der Waals surface area contributed by atoms with Crippen molar-refractivity contribution in [1.29, 1.82) is 5.26 Å². The maximum absolute atomic E-state index is 12.9. The summed E-state index contributed by atoms with van der Waals surface area (Å²) in [5.41, 5.74) is 4.57. The van der Waals surface area contributed by atoms with Gasteiger partial charge in [-0.3, -0.25) is 9.59 Å². The highest BCUT2D eigenvalue weighted by Crippen LogP contribution is 2.38. The van der Waals surface area contributed by atoms with Gasteiger partial charge in [-0.1, -0.05) is 49.9 Å². The summed E-state index contributed by atoms with van der Waals surface area (Å²) in [5.74, 6) is 0.320. The van der Waals surface area contributed by atoms with E-state index in [1.165, 1.54) is 44.9 Å². The van der Waals surface area contributed by atoms with Crippen LogP contribution in [0.25, 0.3) is 21.3 Å². The molecule has 0 saturated heterocycles. The predicted octanol–water partition coefficient (Wildman–Crippen LogP) is 5.93. The molecule has 172 valence electrons. The lowest BCUT2D eigenvalue weighted by Crippen LogP contribution is -2.15. The Bertz CT molecular complexity index is 1490. The highest BCUT2D eigenvalue weighted by molar-refractivity contribution is 7.99. The quantitative estimate of drug-likeness (QED) is 0.250. The van der Waals surface area contributed by atoms with Crippen molar-refractivity contribution in [2.45, 2.75) is 44.2 Å². The van der Waals surface area contributed by atoms with E-state index in [0.29, 0.717) is 31.9 Å². The smallest absolute Gasteiger partial charge is 0.260 e. The lowest BCUT2D eigenvalue weighted by molar-refractivity contribution is -0.113. The van der Waals surface area contributed by atoms with Crippen molar-refractivity contribution in [1.82, 2.24) is 9.97 Å². The summed E-state index contributed by atoms with van der Waals surface area (Å²) in [6, 6.07) is 10.5. The Hall–Kier alpha value is -2.93. The van der Waals surface area contributed by atoms with Crippen LogP contribution in [0, 0.1) is 11.3 Å². The Labute approximate surface area is 209 Å². The maximum atomic E-state index is 12.9. The number of nitrogens with one attached hydrogen (secondary N) is 2. The number of thiophene rings is 2. The molecule has 0 radical (unpaired) electrons. The van der Waals surface area contributed by atoms with Gasteiger partial charge < -0.3 is 10.3 Å². The molecule has 0 unspecified atom stereocenters. The van der Waals surface area contributed by atoms with Gasteiger partial charge in [-0.15, -0.1) is 22.7 Å². The Morgan fingerprint density at radius 1 is 1.29 bits per heavy atom. The molecule has 9 heteroatoms. The fraction of sp³-hybridized carbons (Fsp3) is 0.280. The van der Waals surface area contributed by atoms with Gasteiger partial charge in [0.05, 0.1) is 16.7 Å². The number of nitriles is 1. The van der Waals surface area contributed by atoms with Gasteiger partial charge in [0.25, 0.3) is 5.56 Å². The van der Waals surface area contributed by atoms with Gasteiger partial charge in [-0.25, -0.2) is 4.98 Å². The number of nitrogens with zero attached hydrogens (tertiary/aromatic N) is 2. The Balaban J connectivity index is 1.31. The number of aromatic amines is 1. The fourth-order valence-electron chi connectivity index (χ4n) is 4.16. The minimum absolute atomic E-state index is 0.0940. The zero-order valence-electron chi connectivity index (χ0n) is 18.7. The molecule has 3 heterocycles. The van der Waals surface area contributed by atoms with Crippen molar-refractivity contribution in [3.05, 3.63) is 61.6 Å². The van der Waals surface area contributed by atoms with Gasteiger partial charge in [0, 0.05) is 15.8 Å². The molecule has 1 aliphatic carbocycles. The fourth-order valence-corrected chi connectivity index (χ4v) is 7.09. The van der Waals surface area contributed by atoms with E-state index in [1.807, 2.05) is 17.5 Å². The first-order chi connectivity index (χ1) is 16.4. The Morgan fingerprint density at radius 2 is 2.09 bits per heavy atom. The topological polar surface area (TPSA) is 98.6 Å². The standard InChI is InChI=1S/C25H22N4O2S3/c1-13(2)14-6-8-15(9-7-14)18-11-32-24-21(18)22(31)28-25(29-24)33-12-20(30)27-23-17(10-26)16-4-3-5-19(16)34-23/h6-9,11,13H,3-5,12H2,1-2H3,(H,27,30)(H,28,29,31). The molecule has 0 aliphatic heterocycles. The van der Waals surface area contributed by atoms with Crippen LogP contribution in [0.3, 0.4) is 0 Å². The van der Waals surface area contributed by atoms with Crippen LogP contribution in [0.15, 0.2) is 39.6 Å². The number of rotatable bonds is 6. The first kappa shape index (κ1) is 22.8. The molecule has 0 bridgehead atoms. The number of carbonyl (C=O) groups excluding carboxylic acids is 1. The third-order valence-corrected chi connectivity index (χ3v) is 8.89. The molecule has 4 aromatic rings. The van der Waals surface area contributed by atoms with Crippen LogP contribution in [0.4, 0.5) is 5.00 Å². The highest BCUT2D eigenvalue weighted by Gasteiger charge is 2.23. The van der Waals surface area contributed by atoms with Crippen molar-refractivity contribution in [2.24, 2.45) is 0 Å². The third kappa shape index (κ3) is 4.29. The van der Waals surface area contributed by atoms with Crippen molar-refractivity contribution in [3.63, 3.8) is 0 Å². The normalized spacial score (nSPS) is 12.8. The number of carbonyl (C=O) groups is 1. The van der Waals surface area contributed by atoms with Gasteiger partial charge in [0.2, 0.25) is 5.91 Å². The van der Waals surface area contributed by atoms with E-state index in [0.717, 1.165) is 36.0 Å². The molecular formula is C25H22N4O2S3. The number of hydrogen-bond acceptors (Lipinski definition) is 7. The summed E-state index contributed by atoms with van der Waals surface area (Å²) in [5, 5.41) is 15.9. The molecule has 0 fully saturated rings. The van der Waals surface area contributed by atoms with E-state index in [1.54, 1.807) is 0 Å². The van der Waals surface area contributed by atoms with Crippen LogP contribution < -0.4 is 10.9 Å². The third-order valence-electron chi connectivity index (χ3n) is 5.94. The lowest BCUT2D eigenvalue weighted by Gasteiger charge is -2.06. The molecule has 0 atom stereocenters. The number of thioether (sulfide) groups is 1. The summed E-state index contributed by atoms with van der Waals surface area (Å²) in [7, 11) is 0. The maximum Gasteiger partial charge on any atom is 0.260 e. The number of hydrogen-bond donors (Lipinski definition) is 2. The zero-order valence-corrected chi connectivity index (χ0v) is 21.2. The van der Waals surface area contributed by atoms with Crippen molar-refractivity contribution >= 4 is 55.6 Å². The monoisotopic (exact) mass is 506 g/mol. The molecular weight excluding hydrogens is 485 g/mol. The minimum atomic E-state index is -0.221. The van der Waals surface area contributed by atoms with Gasteiger partial charge >= 0.3 is 0 Å².